The summed E-state index contributed by atoms with van der Waals surface area (Å²) < 4.78 is 45.6. The second-order valence-electron chi connectivity index (χ2n) is 6.18. The molecule has 0 amide bonds. The summed E-state index contributed by atoms with van der Waals surface area (Å²) in [6, 6.07) is 12.8. The van der Waals surface area contributed by atoms with Crippen LogP contribution in [0.2, 0.25) is 0 Å². The number of hydrogen-bond acceptors (Lipinski definition) is 3. The molecule has 0 saturated carbocycles. The summed E-state index contributed by atoms with van der Waals surface area (Å²) in [5.74, 6) is 0.497. The zero-order chi connectivity index (χ0) is 18.5. The Hall–Kier alpha value is -2.96. The van der Waals surface area contributed by atoms with E-state index in [9.17, 15) is 13.2 Å². The number of alkyl halides is 3. The second kappa shape index (κ2) is 5.79. The van der Waals surface area contributed by atoms with Crippen LogP contribution in [0, 0.1) is 0 Å². The van der Waals surface area contributed by atoms with Gasteiger partial charge in [-0.25, -0.2) is 0 Å². The largest absolute Gasteiger partial charge is 0.479 e. The molecular formula is C19H16F3N3O. The highest BCUT2D eigenvalue weighted by atomic mass is 19.4. The highest BCUT2D eigenvalue weighted by Gasteiger charge is 2.31. The summed E-state index contributed by atoms with van der Waals surface area (Å²) >= 11 is 0. The molecule has 0 fully saturated rings. The fraction of sp³-hybridized carbons (Fsp3) is 0.211. The Labute approximate surface area is 148 Å². The van der Waals surface area contributed by atoms with Crippen molar-refractivity contribution in [2.45, 2.75) is 12.7 Å². The van der Waals surface area contributed by atoms with Crippen LogP contribution in [0.15, 0.2) is 48.5 Å². The predicted molar refractivity (Wildman–Crippen MR) is 92.7 cm³/mol. The molecule has 0 bridgehead atoms. The first kappa shape index (κ1) is 16.5. The van der Waals surface area contributed by atoms with E-state index in [0.717, 1.165) is 34.6 Å². The van der Waals surface area contributed by atoms with Crippen LogP contribution < -0.4 is 9.64 Å². The van der Waals surface area contributed by atoms with E-state index in [-0.39, 0.29) is 0 Å². The number of rotatable bonds is 2. The number of methoxy groups -OCH3 is 1. The molecule has 0 radical (unpaired) electrons. The number of anilines is 1. The van der Waals surface area contributed by atoms with Crippen LogP contribution in [0.1, 0.15) is 11.1 Å². The van der Waals surface area contributed by atoms with Crippen molar-refractivity contribution in [2.24, 2.45) is 0 Å². The van der Waals surface area contributed by atoms with Crippen molar-refractivity contribution in [3.05, 3.63) is 59.7 Å². The first-order chi connectivity index (χ1) is 12.4. The summed E-state index contributed by atoms with van der Waals surface area (Å²) in [7, 11) is 3.47. The number of nitrogens with zero attached hydrogens (tertiary/aromatic N) is 3. The lowest BCUT2D eigenvalue weighted by atomic mass is 9.99. The van der Waals surface area contributed by atoms with Crippen LogP contribution >= 0.6 is 0 Å². The van der Waals surface area contributed by atoms with Gasteiger partial charge in [0.15, 0.2) is 0 Å². The van der Waals surface area contributed by atoms with E-state index in [1.54, 1.807) is 4.68 Å². The molecule has 0 saturated heterocycles. The van der Waals surface area contributed by atoms with Crippen LogP contribution in [-0.2, 0) is 12.7 Å². The van der Waals surface area contributed by atoms with E-state index in [2.05, 4.69) is 5.10 Å². The van der Waals surface area contributed by atoms with E-state index in [1.807, 2.05) is 36.2 Å². The molecule has 0 aliphatic carbocycles. The van der Waals surface area contributed by atoms with Gasteiger partial charge in [-0.15, -0.1) is 0 Å². The Morgan fingerprint density at radius 3 is 2.38 bits per heavy atom. The smallest absolute Gasteiger partial charge is 0.416 e. The summed E-state index contributed by atoms with van der Waals surface area (Å²) in [4.78, 5) is 2.03. The van der Waals surface area contributed by atoms with E-state index in [0.29, 0.717) is 18.1 Å². The van der Waals surface area contributed by atoms with Gasteiger partial charge in [-0.05, 0) is 29.8 Å². The van der Waals surface area contributed by atoms with Crippen molar-refractivity contribution in [3.8, 4) is 22.8 Å². The minimum Gasteiger partial charge on any atom is -0.479 e. The lowest BCUT2D eigenvalue weighted by Crippen LogP contribution is -2.21. The third-order valence-corrected chi connectivity index (χ3v) is 4.51. The van der Waals surface area contributed by atoms with E-state index in [4.69, 9.17) is 4.74 Å². The van der Waals surface area contributed by atoms with Crippen LogP contribution in [-0.4, -0.2) is 23.9 Å². The van der Waals surface area contributed by atoms with Crippen molar-refractivity contribution in [1.82, 2.24) is 9.78 Å². The van der Waals surface area contributed by atoms with Crippen LogP contribution in [0.3, 0.4) is 0 Å². The molecule has 3 aromatic rings. The lowest BCUT2D eigenvalue weighted by Gasteiger charge is -2.26. The molecule has 0 atom stereocenters. The Morgan fingerprint density at radius 1 is 1.04 bits per heavy atom. The average molecular weight is 359 g/mol. The van der Waals surface area contributed by atoms with Crippen molar-refractivity contribution >= 4 is 5.69 Å². The Bertz CT molecular complexity index is 961. The number of benzene rings is 2. The summed E-state index contributed by atoms with van der Waals surface area (Å²) in [6.07, 6.45) is -4.37. The quantitative estimate of drug-likeness (QED) is 0.674. The minimum atomic E-state index is -4.37. The second-order valence-corrected chi connectivity index (χ2v) is 6.18. The molecule has 2 heterocycles. The zero-order valence-electron chi connectivity index (χ0n) is 14.2. The third-order valence-electron chi connectivity index (χ3n) is 4.51. The molecule has 7 heteroatoms. The van der Waals surface area contributed by atoms with Gasteiger partial charge in [0.05, 0.1) is 18.4 Å². The summed E-state index contributed by atoms with van der Waals surface area (Å²) in [5.41, 5.74) is 3.54. The monoisotopic (exact) mass is 359 g/mol. The first-order valence-electron chi connectivity index (χ1n) is 8.04. The number of aromatic nitrogens is 2. The van der Waals surface area contributed by atoms with Gasteiger partial charge in [0.2, 0.25) is 5.88 Å². The van der Waals surface area contributed by atoms with Gasteiger partial charge in [0.25, 0.3) is 0 Å². The maximum atomic E-state index is 12.8. The zero-order valence-corrected chi connectivity index (χ0v) is 14.2. The van der Waals surface area contributed by atoms with Gasteiger partial charge in [-0.1, -0.05) is 24.3 Å². The van der Waals surface area contributed by atoms with Crippen LogP contribution in [0.4, 0.5) is 18.9 Å². The third kappa shape index (κ3) is 2.51. The fourth-order valence-corrected chi connectivity index (χ4v) is 3.29. The maximum Gasteiger partial charge on any atom is 0.416 e. The molecule has 0 unspecified atom stereocenters. The molecular weight excluding hydrogens is 343 g/mol. The molecule has 1 aliphatic heterocycles. The maximum absolute atomic E-state index is 12.8. The van der Waals surface area contributed by atoms with Gasteiger partial charge >= 0.3 is 6.18 Å². The number of halogens is 3. The normalized spacial score (nSPS) is 13.3. The molecule has 2 aromatic carbocycles. The van der Waals surface area contributed by atoms with Gasteiger partial charge in [0, 0.05) is 19.2 Å². The Balaban J connectivity index is 1.87. The lowest BCUT2D eigenvalue weighted by molar-refractivity contribution is -0.137. The van der Waals surface area contributed by atoms with E-state index >= 15 is 0 Å². The topological polar surface area (TPSA) is 30.3 Å². The number of ether oxygens (including phenoxy) is 1. The van der Waals surface area contributed by atoms with Crippen LogP contribution in [0.5, 0.6) is 5.88 Å². The van der Waals surface area contributed by atoms with Gasteiger partial charge < -0.3 is 9.64 Å². The van der Waals surface area contributed by atoms with E-state index < -0.39 is 11.7 Å². The average Bonchev–Trinajstić information content (AvgIpc) is 3.01. The van der Waals surface area contributed by atoms with Crippen molar-refractivity contribution < 1.29 is 17.9 Å². The molecule has 0 spiro atoms. The molecule has 4 rings (SSSR count). The molecule has 0 N–H and O–H groups in total. The van der Waals surface area contributed by atoms with Crippen molar-refractivity contribution in [3.63, 3.8) is 0 Å². The van der Waals surface area contributed by atoms with Crippen molar-refractivity contribution in [2.75, 3.05) is 19.1 Å². The van der Waals surface area contributed by atoms with Crippen molar-refractivity contribution in [1.29, 1.82) is 0 Å². The molecule has 4 nitrogen and oxygen atoms in total. The van der Waals surface area contributed by atoms with Gasteiger partial charge in [0.1, 0.15) is 11.4 Å². The van der Waals surface area contributed by atoms with Gasteiger partial charge in [-0.3, -0.25) is 0 Å². The fourth-order valence-electron chi connectivity index (χ4n) is 3.29. The standard InChI is InChI=1S/C19H16F3N3O/c1-24-11-12-5-3-4-6-15(12)16-17(24)18(26-2)25(23-16)14-9-7-13(8-10-14)19(20,21)22/h3-10H,11H2,1-2H3. The summed E-state index contributed by atoms with van der Waals surface area (Å²) in [6.45, 7) is 0.707. The SMILES string of the molecule is COc1c2c(nn1-c1ccc(C(F)(F)F)cc1)-c1ccccc1CN2C. The highest BCUT2D eigenvalue weighted by Crippen LogP contribution is 2.44. The number of fused-ring (bicyclic) bond motifs is 3. The molecule has 1 aromatic heterocycles. The Morgan fingerprint density at radius 2 is 1.73 bits per heavy atom. The van der Waals surface area contributed by atoms with Crippen LogP contribution in [0.25, 0.3) is 16.9 Å². The first-order valence-corrected chi connectivity index (χ1v) is 8.04. The minimum absolute atomic E-state index is 0.497. The van der Waals surface area contributed by atoms with E-state index in [1.165, 1.54) is 19.2 Å². The predicted octanol–water partition coefficient (Wildman–Crippen LogP) is 4.52. The highest BCUT2D eigenvalue weighted by molar-refractivity contribution is 5.84. The number of hydrogen-bond donors (Lipinski definition) is 0. The molecule has 26 heavy (non-hydrogen) atoms. The van der Waals surface area contributed by atoms with Gasteiger partial charge in [-0.2, -0.15) is 23.0 Å². The molecule has 134 valence electrons. The summed E-state index contributed by atoms with van der Waals surface area (Å²) in [5, 5.41) is 4.64. The Kier molecular flexibility index (Phi) is 3.68. The molecule has 1 aliphatic rings.